The van der Waals surface area contributed by atoms with Crippen molar-refractivity contribution in [2.45, 2.75) is 0 Å². The fourth-order valence-electron chi connectivity index (χ4n) is 2.60. The largest absolute Gasteiger partial charge is 0.368 e. The Morgan fingerprint density at radius 3 is 2.45 bits per heavy atom. The highest BCUT2D eigenvalue weighted by Gasteiger charge is 2.13. The van der Waals surface area contributed by atoms with Gasteiger partial charge in [0.2, 0.25) is 5.95 Å². The lowest BCUT2D eigenvalue weighted by Crippen LogP contribution is -1.98. The minimum Gasteiger partial charge on any atom is -0.368 e. The molecule has 0 saturated carbocycles. The number of nitrogens with two attached hydrogens (primary N) is 1. The lowest BCUT2D eigenvalue weighted by Gasteiger charge is -2.06. The van der Waals surface area contributed by atoms with Crippen LogP contribution in [0.4, 0.5) is 5.95 Å². The average Bonchev–Trinajstić information content (AvgIpc) is 2.81. The third kappa shape index (κ3) is 1.48. The zero-order chi connectivity index (χ0) is 13.5. The SMILES string of the molecule is Nc1ncc2c3ccccc3n(-c3ccccc3)c2n1. The third-order valence-electron chi connectivity index (χ3n) is 3.45. The third-order valence-corrected chi connectivity index (χ3v) is 3.45. The van der Waals surface area contributed by atoms with Crippen LogP contribution in [0.3, 0.4) is 0 Å². The second kappa shape index (κ2) is 4.06. The first-order chi connectivity index (χ1) is 9.84. The van der Waals surface area contributed by atoms with Gasteiger partial charge >= 0.3 is 0 Å². The minimum atomic E-state index is 0.289. The second-order valence-corrected chi connectivity index (χ2v) is 4.65. The molecule has 4 nitrogen and oxygen atoms in total. The number of benzene rings is 2. The average molecular weight is 260 g/mol. The molecule has 4 aromatic rings. The molecule has 96 valence electrons. The van der Waals surface area contributed by atoms with E-state index < -0.39 is 0 Å². The van der Waals surface area contributed by atoms with Crippen LogP contribution in [-0.4, -0.2) is 14.5 Å². The van der Waals surface area contributed by atoms with E-state index in [-0.39, 0.29) is 5.95 Å². The number of fused-ring (bicyclic) bond motifs is 3. The van der Waals surface area contributed by atoms with E-state index in [1.807, 2.05) is 30.3 Å². The van der Waals surface area contributed by atoms with E-state index in [4.69, 9.17) is 5.73 Å². The number of nitrogens with zero attached hydrogens (tertiary/aromatic N) is 3. The Morgan fingerprint density at radius 1 is 0.850 bits per heavy atom. The number of hydrogen-bond donors (Lipinski definition) is 1. The Labute approximate surface area is 115 Å². The van der Waals surface area contributed by atoms with Crippen molar-refractivity contribution in [1.82, 2.24) is 14.5 Å². The van der Waals surface area contributed by atoms with Crippen molar-refractivity contribution in [3.8, 4) is 5.69 Å². The van der Waals surface area contributed by atoms with Crippen LogP contribution >= 0.6 is 0 Å². The molecule has 0 fully saturated rings. The topological polar surface area (TPSA) is 56.7 Å². The van der Waals surface area contributed by atoms with Crippen LogP contribution in [0, 0.1) is 0 Å². The summed E-state index contributed by atoms with van der Waals surface area (Å²) >= 11 is 0. The molecule has 2 aromatic heterocycles. The summed E-state index contributed by atoms with van der Waals surface area (Å²) < 4.78 is 2.11. The lowest BCUT2D eigenvalue weighted by molar-refractivity contribution is 1.12. The fraction of sp³-hybridized carbons (Fsp3) is 0. The number of anilines is 1. The molecule has 20 heavy (non-hydrogen) atoms. The number of aromatic nitrogens is 3. The quantitative estimate of drug-likeness (QED) is 0.572. The van der Waals surface area contributed by atoms with Gasteiger partial charge in [-0.3, -0.25) is 4.57 Å². The number of rotatable bonds is 1. The van der Waals surface area contributed by atoms with E-state index in [0.717, 1.165) is 27.6 Å². The molecule has 0 aliphatic rings. The van der Waals surface area contributed by atoms with E-state index in [2.05, 4.69) is 38.8 Å². The van der Waals surface area contributed by atoms with Crippen molar-refractivity contribution < 1.29 is 0 Å². The summed E-state index contributed by atoms with van der Waals surface area (Å²) in [7, 11) is 0. The summed E-state index contributed by atoms with van der Waals surface area (Å²) in [5, 5.41) is 2.14. The van der Waals surface area contributed by atoms with Gasteiger partial charge in [-0.2, -0.15) is 4.98 Å². The molecule has 4 heteroatoms. The van der Waals surface area contributed by atoms with E-state index in [1.165, 1.54) is 0 Å². The van der Waals surface area contributed by atoms with Gasteiger partial charge < -0.3 is 5.73 Å². The first kappa shape index (κ1) is 11.0. The van der Waals surface area contributed by atoms with Crippen LogP contribution in [-0.2, 0) is 0 Å². The summed E-state index contributed by atoms with van der Waals surface area (Å²) in [4.78, 5) is 8.54. The molecule has 0 saturated heterocycles. The lowest BCUT2D eigenvalue weighted by atomic mass is 10.2. The highest BCUT2D eigenvalue weighted by atomic mass is 15.1. The van der Waals surface area contributed by atoms with Crippen molar-refractivity contribution >= 4 is 27.9 Å². The summed E-state index contributed by atoms with van der Waals surface area (Å²) in [6.07, 6.45) is 1.79. The first-order valence-electron chi connectivity index (χ1n) is 6.42. The van der Waals surface area contributed by atoms with Crippen LogP contribution in [0.15, 0.2) is 60.8 Å². The Balaban J connectivity index is 2.23. The molecule has 0 aliphatic heterocycles. The number of hydrogen-bond acceptors (Lipinski definition) is 3. The predicted octanol–water partition coefficient (Wildman–Crippen LogP) is 3.16. The van der Waals surface area contributed by atoms with Gasteiger partial charge in [0.05, 0.1) is 5.52 Å². The minimum absolute atomic E-state index is 0.289. The molecular weight excluding hydrogens is 248 g/mol. The maximum absolute atomic E-state index is 5.76. The normalized spacial score (nSPS) is 11.2. The van der Waals surface area contributed by atoms with Gasteiger partial charge in [-0.15, -0.1) is 0 Å². The second-order valence-electron chi connectivity index (χ2n) is 4.65. The van der Waals surface area contributed by atoms with Gasteiger partial charge in [-0.05, 0) is 18.2 Å². The molecule has 2 N–H and O–H groups in total. The summed E-state index contributed by atoms with van der Waals surface area (Å²) in [6.45, 7) is 0. The van der Waals surface area contributed by atoms with Gasteiger partial charge in [0, 0.05) is 22.7 Å². The van der Waals surface area contributed by atoms with Gasteiger partial charge in [0.25, 0.3) is 0 Å². The van der Waals surface area contributed by atoms with Gasteiger partial charge in [-0.1, -0.05) is 36.4 Å². The molecule has 0 amide bonds. The molecule has 0 atom stereocenters. The van der Waals surface area contributed by atoms with Crippen molar-refractivity contribution in [2.24, 2.45) is 0 Å². The van der Waals surface area contributed by atoms with Crippen LogP contribution < -0.4 is 5.73 Å². The maximum Gasteiger partial charge on any atom is 0.221 e. The first-order valence-corrected chi connectivity index (χ1v) is 6.42. The van der Waals surface area contributed by atoms with Crippen LogP contribution in [0.2, 0.25) is 0 Å². The molecule has 0 radical (unpaired) electrons. The van der Waals surface area contributed by atoms with E-state index in [1.54, 1.807) is 6.20 Å². The molecule has 2 heterocycles. The Hall–Kier alpha value is -2.88. The Morgan fingerprint density at radius 2 is 1.60 bits per heavy atom. The van der Waals surface area contributed by atoms with Gasteiger partial charge in [-0.25, -0.2) is 4.98 Å². The van der Waals surface area contributed by atoms with Gasteiger partial charge in [0.15, 0.2) is 5.65 Å². The summed E-state index contributed by atoms with van der Waals surface area (Å²) in [5.74, 6) is 0.289. The van der Waals surface area contributed by atoms with Crippen molar-refractivity contribution in [3.63, 3.8) is 0 Å². The Bertz CT molecular complexity index is 910. The van der Waals surface area contributed by atoms with Crippen molar-refractivity contribution in [1.29, 1.82) is 0 Å². The summed E-state index contributed by atoms with van der Waals surface area (Å²) in [5.41, 5.74) is 8.77. The van der Waals surface area contributed by atoms with Crippen LogP contribution in [0.25, 0.3) is 27.6 Å². The number of nitrogen functional groups attached to an aromatic ring is 1. The highest BCUT2D eigenvalue weighted by molar-refractivity contribution is 6.07. The summed E-state index contributed by atoms with van der Waals surface area (Å²) in [6, 6.07) is 18.4. The van der Waals surface area contributed by atoms with Crippen LogP contribution in [0.1, 0.15) is 0 Å². The Kier molecular flexibility index (Phi) is 2.23. The van der Waals surface area contributed by atoms with Crippen LogP contribution in [0.5, 0.6) is 0 Å². The highest BCUT2D eigenvalue weighted by Crippen LogP contribution is 2.30. The zero-order valence-electron chi connectivity index (χ0n) is 10.7. The molecule has 0 aliphatic carbocycles. The predicted molar refractivity (Wildman–Crippen MR) is 80.8 cm³/mol. The number of para-hydroxylation sites is 2. The molecular formula is C16H12N4. The smallest absolute Gasteiger partial charge is 0.221 e. The van der Waals surface area contributed by atoms with Crippen molar-refractivity contribution in [2.75, 3.05) is 5.73 Å². The fourth-order valence-corrected chi connectivity index (χ4v) is 2.60. The molecule has 0 bridgehead atoms. The van der Waals surface area contributed by atoms with Gasteiger partial charge in [0.1, 0.15) is 0 Å². The standard InChI is InChI=1S/C16H12N4/c17-16-18-10-13-12-8-4-5-9-14(12)20(15(13)19-16)11-6-2-1-3-7-11/h1-10H,(H2,17,18,19). The molecule has 0 spiro atoms. The molecule has 4 rings (SSSR count). The van der Waals surface area contributed by atoms with E-state index in [9.17, 15) is 0 Å². The van der Waals surface area contributed by atoms with E-state index in [0.29, 0.717) is 0 Å². The van der Waals surface area contributed by atoms with E-state index >= 15 is 0 Å². The monoisotopic (exact) mass is 260 g/mol. The molecule has 0 unspecified atom stereocenters. The van der Waals surface area contributed by atoms with Crippen molar-refractivity contribution in [3.05, 3.63) is 60.8 Å². The molecule has 2 aromatic carbocycles. The zero-order valence-corrected chi connectivity index (χ0v) is 10.7. The maximum atomic E-state index is 5.76.